The van der Waals surface area contributed by atoms with Crippen molar-refractivity contribution in [2.75, 3.05) is 7.05 Å². The molecule has 4 heteroatoms. The van der Waals surface area contributed by atoms with E-state index in [4.69, 9.17) is 17.3 Å². The number of nitrogens with two attached hydrogens (primary N) is 1. The van der Waals surface area contributed by atoms with Crippen molar-refractivity contribution in [2.45, 2.75) is 19.0 Å². The Bertz CT molecular complexity index is 315. The summed E-state index contributed by atoms with van der Waals surface area (Å²) in [7, 11) is 1.81. The van der Waals surface area contributed by atoms with E-state index in [2.05, 4.69) is 5.32 Å². The average molecular weight is 217 g/mol. The Morgan fingerprint density at radius 1 is 1.50 bits per heavy atom. The molecule has 0 fully saturated rings. The molecule has 0 aliphatic heterocycles. The van der Waals surface area contributed by atoms with Crippen molar-refractivity contribution in [2.24, 2.45) is 5.73 Å². The van der Waals surface area contributed by atoms with Gasteiger partial charge in [0.25, 0.3) is 0 Å². The Morgan fingerprint density at radius 2 is 2.14 bits per heavy atom. The summed E-state index contributed by atoms with van der Waals surface area (Å²) in [6.07, 6.45) is 0. The first-order chi connectivity index (χ1) is 6.56. The molecule has 0 aliphatic carbocycles. The first kappa shape index (κ1) is 11.4. The van der Waals surface area contributed by atoms with E-state index in [1.54, 1.807) is 12.1 Å². The minimum Gasteiger partial charge on any atom is -0.326 e. The van der Waals surface area contributed by atoms with Gasteiger partial charge in [-0.2, -0.15) is 0 Å². The van der Waals surface area contributed by atoms with Crippen LogP contribution >= 0.6 is 11.6 Å². The summed E-state index contributed by atoms with van der Waals surface area (Å²) in [5, 5.41) is 3.19. The van der Waals surface area contributed by atoms with Gasteiger partial charge in [0.1, 0.15) is 5.82 Å². The third-order valence-corrected chi connectivity index (χ3v) is 2.43. The maximum Gasteiger partial charge on any atom is 0.141 e. The predicted molar refractivity (Wildman–Crippen MR) is 56.9 cm³/mol. The van der Waals surface area contributed by atoms with Gasteiger partial charge in [0.15, 0.2) is 0 Å². The fourth-order valence-electron chi connectivity index (χ4n) is 1.44. The number of likely N-dealkylation sites (N-methyl/N-ethyl adjacent to an activating group) is 1. The second-order valence-electron chi connectivity index (χ2n) is 3.30. The SMILES string of the molecule is CNC(c1ccc(F)c(Cl)c1)C(C)N. The molecule has 2 atom stereocenters. The van der Waals surface area contributed by atoms with Crippen molar-refractivity contribution >= 4 is 11.6 Å². The van der Waals surface area contributed by atoms with Crippen LogP contribution in [-0.2, 0) is 0 Å². The van der Waals surface area contributed by atoms with Gasteiger partial charge in [-0.1, -0.05) is 17.7 Å². The lowest BCUT2D eigenvalue weighted by Crippen LogP contribution is -2.33. The van der Waals surface area contributed by atoms with Gasteiger partial charge in [0.2, 0.25) is 0 Å². The molecule has 2 nitrogen and oxygen atoms in total. The molecule has 3 N–H and O–H groups in total. The van der Waals surface area contributed by atoms with Gasteiger partial charge in [0, 0.05) is 12.1 Å². The molecule has 2 unspecified atom stereocenters. The van der Waals surface area contributed by atoms with Gasteiger partial charge >= 0.3 is 0 Å². The molecule has 0 amide bonds. The smallest absolute Gasteiger partial charge is 0.141 e. The Labute approximate surface area is 88.2 Å². The lowest BCUT2D eigenvalue weighted by Gasteiger charge is -2.20. The summed E-state index contributed by atoms with van der Waals surface area (Å²) in [5.74, 6) is -0.407. The van der Waals surface area contributed by atoms with E-state index >= 15 is 0 Å². The summed E-state index contributed by atoms with van der Waals surface area (Å²) >= 11 is 5.68. The zero-order valence-corrected chi connectivity index (χ0v) is 8.98. The van der Waals surface area contributed by atoms with Crippen LogP contribution in [0.3, 0.4) is 0 Å². The highest BCUT2D eigenvalue weighted by Gasteiger charge is 2.14. The maximum atomic E-state index is 12.9. The first-order valence-corrected chi connectivity index (χ1v) is 4.82. The topological polar surface area (TPSA) is 38.0 Å². The predicted octanol–water partition coefficient (Wildman–Crippen LogP) is 2.09. The minimum absolute atomic E-state index is 0.00639. The van der Waals surface area contributed by atoms with Gasteiger partial charge in [-0.15, -0.1) is 0 Å². The van der Waals surface area contributed by atoms with Gasteiger partial charge in [0.05, 0.1) is 5.02 Å². The van der Waals surface area contributed by atoms with Crippen LogP contribution < -0.4 is 11.1 Å². The number of halogens is 2. The van der Waals surface area contributed by atoms with Crippen molar-refractivity contribution < 1.29 is 4.39 Å². The molecule has 0 spiro atoms. The van der Waals surface area contributed by atoms with Crippen LogP contribution in [0.15, 0.2) is 18.2 Å². The van der Waals surface area contributed by atoms with E-state index in [0.29, 0.717) is 0 Å². The monoisotopic (exact) mass is 216 g/mol. The van der Waals surface area contributed by atoms with Crippen molar-refractivity contribution in [3.05, 3.63) is 34.6 Å². The molecule has 0 radical (unpaired) electrons. The molecular formula is C10H14ClFN2. The van der Waals surface area contributed by atoms with Crippen molar-refractivity contribution in [3.8, 4) is 0 Å². The largest absolute Gasteiger partial charge is 0.326 e. The van der Waals surface area contributed by atoms with Crippen molar-refractivity contribution in [1.82, 2.24) is 5.32 Å². The molecule has 0 saturated heterocycles. The van der Waals surface area contributed by atoms with Crippen LogP contribution in [-0.4, -0.2) is 13.1 Å². The van der Waals surface area contributed by atoms with Crippen LogP contribution in [0.1, 0.15) is 18.5 Å². The molecule has 1 aromatic carbocycles. The molecular weight excluding hydrogens is 203 g/mol. The summed E-state index contributed by atoms with van der Waals surface area (Å²) in [5.41, 5.74) is 6.67. The van der Waals surface area contributed by atoms with Crippen molar-refractivity contribution in [1.29, 1.82) is 0 Å². The Hall–Kier alpha value is -0.640. The highest BCUT2D eigenvalue weighted by atomic mass is 35.5. The van der Waals surface area contributed by atoms with Crippen LogP contribution in [0.5, 0.6) is 0 Å². The quantitative estimate of drug-likeness (QED) is 0.812. The Morgan fingerprint density at radius 3 is 2.57 bits per heavy atom. The molecule has 0 heterocycles. The average Bonchev–Trinajstić information content (AvgIpc) is 2.11. The number of benzene rings is 1. The van der Waals surface area contributed by atoms with Gasteiger partial charge in [-0.3, -0.25) is 0 Å². The fourth-order valence-corrected chi connectivity index (χ4v) is 1.63. The number of nitrogens with one attached hydrogen (secondary N) is 1. The molecule has 0 aromatic heterocycles. The summed E-state index contributed by atoms with van der Waals surface area (Å²) in [6, 6.07) is 4.58. The molecule has 0 bridgehead atoms. The third-order valence-electron chi connectivity index (χ3n) is 2.14. The van der Waals surface area contributed by atoms with Gasteiger partial charge in [-0.25, -0.2) is 4.39 Å². The Kier molecular flexibility index (Phi) is 3.86. The lowest BCUT2D eigenvalue weighted by atomic mass is 10.0. The maximum absolute atomic E-state index is 12.9. The van der Waals surface area contributed by atoms with Crippen LogP contribution in [0.4, 0.5) is 4.39 Å². The molecule has 1 rings (SSSR count). The number of rotatable bonds is 3. The molecule has 0 aliphatic rings. The van der Waals surface area contributed by atoms with Gasteiger partial charge < -0.3 is 11.1 Å². The molecule has 14 heavy (non-hydrogen) atoms. The Balaban J connectivity index is 3.00. The second-order valence-corrected chi connectivity index (χ2v) is 3.71. The van der Waals surface area contributed by atoms with E-state index in [0.717, 1.165) is 5.56 Å². The zero-order valence-electron chi connectivity index (χ0n) is 8.22. The van der Waals surface area contributed by atoms with E-state index in [1.807, 2.05) is 14.0 Å². The number of hydrogen-bond acceptors (Lipinski definition) is 2. The molecule has 0 saturated carbocycles. The van der Waals surface area contributed by atoms with E-state index in [9.17, 15) is 4.39 Å². The van der Waals surface area contributed by atoms with Crippen LogP contribution in [0.25, 0.3) is 0 Å². The summed E-state index contributed by atoms with van der Waals surface area (Å²) in [4.78, 5) is 0. The van der Waals surface area contributed by atoms with E-state index < -0.39 is 5.82 Å². The fraction of sp³-hybridized carbons (Fsp3) is 0.400. The highest BCUT2D eigenvalue weighted by molar-refractivity contribution is 6.30. The lowest BCUT2D eigenvalue weighted by molar-refractivity contribution is 0.502. The number of hydrogen-bond donors (Lipinski definition) is 2. The highest BCUT2D eigenvalue weighted by Crippen LogP contribution is 2.21. The third kappa shape index (κ3) is 2.44. The second kappa shape index (κ2) is 4.73. The summed E-state index contributed by atoms with van der Waals surface area (Å²) < 4.78 is 12.9. The zero-order chi connectivity index (χ0) is 10.7. The summed E-state index contributed by atoms with van der Waals surface area (Å²) in [6.45, 7) is 1.89. The van der Waals surface area contributed by atoms with E-state index in [-0.39, 0.29) is 17.1 Å². The first-order valence-electron chi connectivity index (χ1n) is 4.44. The standard InChI is InChI=1S/C10H14ClFN2/c1-6(13)10(14-2)7-3-4-9(12)8(11)5-7/h3-6,10,14H,13H2,1-2H3. The van der Waals surface area contributed by atoms with E-state index in [1.165, 1.54) is 6.07 Å². The molecule has 1 aromatic rings. The van der Waals surface area contributed by atoms with Crippen LogP contribution in [0.2, 0.25) is 5.02 Å². The van der Waals surface area contributed by atoms with Gasteiger partial charge in [-0.05, 0) is 31.7 Å². The molecule has 78 valence electrons. The van der Waals surface area contributed by atoms with Crippen molar-refractivity contribution in [3.63, 3.8) is 0 Å². The van der Waals surface area contributed by atoms with Crippen LogP contribution in [0, 0.1) is 5.82 Å². The minimum atomic E-state index is -0.407. The normalized spacial score (nSPS) is 15.2.